The summed E-state index contributed by atoms with van der Waals surface area (Å²) in [5.41, 5.74) is 6.37. The van der Waals surface area contributed by atoms with Crippen LogP contribution in [0.15, 0.2) is 18.2 Å². The predicted octanol–water partition coefficient (Wildman–Crippen LogP) is 3.73. The molecule has 0 amide bonds. The van der Waals surface area contributed by atoms with Gasteiger partial charge in [0.05, 0.1) is 0 Å². The average molecular weight is 288 g/mol. The molecule has 0 saturated carbocycles. The van der Waals surface area contributed by atoms with Crippen molar-refractivity contribution in [1.82, 2.24) is 0 Å². The molecule has 0 aliphatic rings. The minimum absolute atomic E-state index is 0.112. The standard InChI is InChI=1S/C14H19Cl2NO/c1-9(2)6-10(8-17)14(18)7-11-12(15)4-3-5-13(11)16/h3-5,9-10H,6-8,17H2,1-2H3. The van der Waals surface area contributed by atoms with Crippen molar-refractivity contribution in [2.24, 2.45) is 17.6 Å². The van der Waals surface area contributed by atoms with Crippen LogP contribution in [0.1, 0.15) is 25.8 Å². The van der Waals surface area contributed by atoms with Crippen molar-refractivity contribution in [2.75, 3.05) is 6.54 Å². The molecule has 4 heteroatoms. The van der Waals surface area contributed by atoms with Crippen LogP contribution in [0.4, 0.5) is 0 Å². The average Bonchev–Trinajstić information content (AvgIpc) is 2.30. The van der Waals surface area contributed by atoms with E-state index in [2.05, 4.69) is 13.8 Å². The summed E-state index contributed by atoms with van der Waals surface area (Å²) in [6.07, 6.45) is 1.06. The highest BCUT2D eigenvalue weighted by molar-refractivity contribution is 6.36. The van der Waals surface area contributed by atoms with Gasteiger partial charge in [0.25, 0.3) is 0 Å². The van der Waals surface area contributed by atoms with Crippen LogP contribution in [0.25, 0.3) is 0 Å². The van der Waals surface area contributed by atoms with Crippen molar-refractivity contribution in [3.63, 3.8) is 0 Å². The van der Waals surface area contributed by atoms with E-state index in [9.17, 15) is 4.79 Å². The summed E-state index contributed by atoms with van der Waals surface area (Å²) in [7, 11) is 0. The van der Waals surface area contributed by atoms with Gasteiger partial charge in [0, 0.05) is 28.9 Å². The van der Waals surface area contributed by atoms with E-state index in [0.717, 1.165) is 6.42 Å². The molecule has 0 bridgehead atoms. The summed E-state index contributed by atoms with van der Waals surface area (Å²) in [5, 5.41) is 1.08. The first-order valence-electron chi connectivity index (χ1n) is 6.11. The maximum Gasteiger partial charge on any atom is 0.141 e. The van der Waals surface area contributed by atoms with Gasteiger partial charge in [-0.25, -0.2) is 0 Å². The number of carbonyl (C=O) groups excluding carboxylic acids is 1. The fourth-order valence-corrected chi connectivity index (χ4v) is 2.48. The lowest BCUT2D eigenvalue weighted by Crippen LogP contribution is -2.26. The normalized spacial score (nSPS) is 12.8. The zero-order valence-electron chi connectivity index (χ0n) is 10.7. The molecule has 100 valence electrons. The third kappa shape index (κ3) is 4.27. The summed E-state index contributed by atoms with van der Waals surface area (Å²) in [6.45, 7) is 4.54. The zero-order chi connectivity index (χ0) is 13.7. The lowest BCUT2D eigenvalue weighted by atomic mass is 9.90. The van der Waals surface area contributed by atoms with Gasteiger partial charge in [0.2, 0.25) is 0 Å². The van der Waals surface area contributed by atoms with E-state index in [1.54, 1.807) is 18.2 Å². The molecule has 0 aromatic heterocycles. The number of Topliss-reactive ketones (excluding diaryl/α,β-unsaturated/α-hetero) is 1. The van der Waals surface area contributed by atoms with Crippen molar-refractivity contribution in [3.05, 3.63) is 33.8 Å². The maximum absolute atomic E-state index is 12.2. The van der Waals surface area contributed by atoms with Crippen LogP contribution >= 0.6 is 23.2 Å². The third-order valence-electron chi connectivity index (χ3n) is 2.91. The molecular weight excluding hydrogens is 269 g/mol. The van der Waals surface area contributed by atoms with Crippen molar-refractivity contribution >= 4 is 29.0 Å². The Morgan fingerprint density at radius 1 is 1.28 bits per heavy atom. The van der Waals surface area contributed by atoms with Crippen molar-refractivity contribution in [3.8, 4) is 0 Å². The molecule has 0 fully saturated rings. The Hall–Kier alpha value is -0.570. The molecule has 1 atom stereocenters. The number of halogens is 2. The summed E-state index contributed by atoms with van der Waals surface area (Å²) in [4.78, 5) is 12.2. The first-order valence-corrected chi connectivity index (χ1v) is 6.87. The first-order chi connectivity index (χ1) is 8.45. The van der Waals surface area contributed by atoms with E-state index >= 15 is 0 Å². The molecule has 0 saturated heterocycles. The SMILES string of the molecule is CC(C)CC(CN)C(=O)Cc1c(Cl)cccc1Cl. The van der Waals surface area contributed by atoms with Gasteiger partial charge in [-0.3, -0.25) is 4.79 Å². The number of nitrogens with two attached hydrogens (primary N) is 1. The van der Waals surface area contributed by atoms with Crippen LogP contribution in [-0.4, -0.2) is 12.3 Å². The molecule has 0 aliphatic heterocycles. The Balaban J connectivity index is 2.80. The molecule has 18 heavy (non-hydrogen) atoms. The summed E-state index contributed by atoms with van der Waals surface area (Å²) in [6, 6.07) is 5.26. The summed E-state index contributed by atoms with van der Waals surface area (Å²) >= 11 is 12.1. The Kier molecular flexibility index (Phi) is 6.13. The van der Waals surface area contributed by atoms with Crippen LogP contribution in [-0.2, 0) is 11.2 Å². The zero-order valence-corrected chi connectivity index (χ0v) is 12.3. The second kappa shape index (κ2) is 7.13. The maximum atomic E-state index is 12.2. The molecule has 0 radical (unpaired) electrons. The van der Waals surface area contributed by atoms with Gasteiger partial charge in [-0.1, -0.05) is 43.1 Å². The molecule has 0 aliphatic carbocycles. The number of ketones is 1. The second-order valence-corrected chi connectivity index (χ2v) is 5.72. The number of carbonyl (C=O) groups is 1. The van der Waals surface area contributed by atoms with Crippen LogP contribution in [0.2, 0.25) is 10.0 Å². The smallest absolute Gasteiger partial charge is 0.141 e. The van der Waals surface area contributed by atoms with E-state index < -0.39 is 0 Å². The number of hydrogen-bond donors (Lipinski definition) is 1. The van der Waals surface area contributed by atoms with Crippen molar-refractivity contribution < 1.29 is 4.79 Å². The Bertz CT molecular complexity index is 398. The highest BCUT2D eigenvalue weighted by atomic mass is 35.5. The molecule has 0 spiro atoms. The summed E-state index contributed by atoms with van der Waals surface area (Å²) in [5.74, 6) is 0.447. The third-order valence-corrected chi connectivity index (χ3v) is 3.62. The van der Waals surface area contributed by atoms with Crippen molar-refractivity contribution in [2.45, 2.75) is 26.7 Å². The number of benzene rings is 1. The van der Waals surface area contributed by atoms with E-state index in [-0.39, 0.29) is 18.1 Å². The van der Waals surface area contributed by atoms with Gasteiger partial charge in [-0.2, -0.15) is 0 Å². The topological polar surface area (TPSA) is 43.1 Å². The Morgan fingerprint density at radius 2 is 1.83 bits per heavy atom. The minimum atomic E-state index is -0.114. The van der Waals surface area contributed by atoms with E-state index in [4.69, 9.17) is 28.9 Å². The second-order valence-electron chi connectivity index (χ2n) is 4.91. The van der Waals surface area contributed by atoms with Gasteiger partial charge in [0.15, 0.2) is 0 Å². The van der Waals surface area contributed by atoms with Gasteiger partial charge in [-0.15, -0.1) is 0 Å². The van der Waals surface area contributed by atoms with Gasteiger partial charge in [0.1, 0.15) is 5.78 Å². The molecule has 2 N–H and O–H groups in total. The van der Waals surface area contributed by atoms with Crippen LogP contribution in [0.3, 0.4) is 0 Å². The molecule has 0 heterocycles. The molecule has 1 aromatic rings. The van der Waals surface area contributed by atoms with Crippen LogP contribution in [0, 0.1) is 11.8 Å². The van der Waals surface area contributed by atoms with E-state index in [1.165, 1.54) is 0 Å². The minimum Gasteiger partial charge on any atom is -0.330 e. The van der Waals surface area contributed by atoms with E-state index in [1.807, 2.05) is 0 Å². The molecule has 1 rings (SSSR count). The fraction of sp³-hybridized carbons (Fsp3) is 0.500. The lowest BCUT2D eigenvalue weighted by molar-refractivity contribution is -0.122. The quantitative estimate of drug-likeness (QED) is 0.866. The number of hydrogen-bond acceptors (Lipinski definition) is 2. The molecular formula is C14H19Cl2NO. The van der Waals surface area contributed by atoms with E-state index in [0.29, 0.717) is 28.1 Å². The van der Waals surface area contributed by atoms with Crippen molar-refractivity contribution in [1.29, 1.82) is 0 Å². The predicted molar refractivity (Wildman–Crippen MR) is 77.2 cm³/mol. The monoisotopic (exact) mass is 287 g/mol. The molecule has 1 unspecified atom stereocenters. The first kappa shape index (κ1) is 15.5. The Labute approximate surface area is 118 Å². The number of rotatable bonds is 6. The van der Waals surface area contributed by atoms with Gasteiger partial charge < -0.3 is 5.73 Å². The summed E-state index contributed by atoms with van der Waals surface area (Å²) < 4.78 is 0. The highest BCUT2D eigenvalue weighted by Crippen LogP contribution is 2.26. The highest BCUT2D eigenvalue weighted by Gasteiger charge is 2.20. The molecule has 1 aromatic carbocycles. The lowest BCUT2D eigenvalue weighted by Gasteiger charge is -2.16. The fourth-order valence-electron chi connectivity index (χ4n) is 1.95. The van der Waals surface area contributed by atoms with Gasteiger partial charge >= 0.3 is 0 Å². The largest absolute Gasteiger partial charge is 0.330 e. The van der Waals surface area contributed by atoms with Gasteiger partial charge in [-0.05, 0) is 30.0 Å². The Morgan fingerprint density at radius 3 is 2.28 bits per heavy atom. The van der Waals surface area contributed by atoms with Crippen LogP contribution < -0.4 is 5.73 Å². The molecule has 2 nitrogen and oxygen atoms in total. The van der Waals surface area contributed by atoms with Crippen LogP contribution in [0.5, 0.6) is 0 Å².